The van der Waals surface area contributed by atoms with Crippen molar-refractivity contribution in [3.05, 3.63) is 30.1 Å². The molecule has 0 bridgehead atoms. The van der Waals surface area contributed by atoms with Crippen molar-refractivity contribution in [2.75, 3.05) is 11.4 Å². The highest BCUT2D eigenvalue weighted by atomic mass is 19.1. The lowest BCUT2D eigenvalue weighted by molar-refractivity contribution is -0.118. The summed E-state index contributed by atoms with van der Waals surface area (Å²) in [5.41, 5.74) is 0.644. The Bertz CT molecular complexity index is 405. The first-order valence-corrected chi connectivity index (χ1v) is 5.68. The summed E-state index contributed by atoms with van der Waals surface area (Å²) < 4.78 is 12.8. The van der Waals surface area contributed by atoms with E-state index < -0.39 is 0 Å². The van der Waals surface area contributed by atoms with E-state index in [2.05, 4.69) is 5.92 Å². The van der Waals surface area contributed by atoms with Gasteiger partial charge in [0.05, 0.1) is 6.54 Å². The molecule has 1 rings (SSSR count). The molecule has 0 atom stereocenters. The van der Waals surface area contributed by atoms with Crippen LogP contribution in [-0.4, -0.2) is 12.5 Å². The highest BCUT2D eigenvalue weighted by molar-refractivity contribution is 5.93. The third-order valence-electron chi connectivity index (χ3n) is 2.43. The van der Waals surface area contributed by atoms with E-state index in [0.717, 1.165) is 12.8 Å². The lowest BCUT2D eigenvalue weighted by atomic mass is 10.2. The summed E-state index contributed by atoms with van der Waals surface area (Å²) in [6.07, 6.45) is 7.50. The van der Waals surface area contributed by atoms with Crippen molar-refractivity contribution in [3.63, 3.8) is 0 Å². The molecule has 0 unspecified atom stereocenters. The first kappa shape index (κ1) is 13.2. The van der Waals surface area contributed by atoms with Gasteiger partial charge in [0.1, 0.15) is 5.82 Å². The largest absolute Gasteiger partial charge is 0.301 e. The maximum atomic E-state index is 12.8. The summed E-state index contributed by atoms with van der Waals surface area (Å²) in [7, 11) is 0. The monoisotopic (exact) mass is 233 g/mol. The zero-order valence-corrected chi connectivity index (χ0v) is 9.95. The van der Waals surface area contributed by atoms with Gasteiger partial charge < -0.3 is 4.90 Å². The Balaban J connectivity index is 2.81. The van der Waals surface area contributed by atoms with E-state index in [0.29, 0.717) is 12.1 Å². The van der Waals surface area contributed by atoms with Crippen LogP contribution in [0.4, 0.5) is 10.1 Å². The topological polar surface area (TPSA) is 20.3 Å². The van der Waals surface area contributed by atoms with Crippen LogP contribution in [0.2, 0.25) is 0 Å². The van der Waals surface area contributed by atoms with Crippen LogP contribution in [0, 0.1) is 18.2 Å². The Morgan fingerprint density at radius 2 is 2.06 bits per heavy atom. The van der Waals surface area contributed by atoms with Gasteiger partial charge in [0.2, 0.25) is 5.91 Å². The summed E-state index contributed by atoms with van der Waals surface area (Å²) in [6, 6.07) is 5.78. The zero-order valence-electron chi connectivity index (χ0n) is 9.95. The van der Waals surface area contributed by atoms with Crippen molar-refractivity contribution in [1.82, 2.24) is 0 Å². The standard InChI is InChI=1S/C14H16FNO/c1-3-5-6-14(17)16(11-4-2)13-9-7-12(15)8-10-13/h2,7-10H,3,5-6,11H2,1H3. The Hall–Kier alpha value is -1.82. The number of amides is 1. The second-order valence-corrected chi connectivity index (χ2v) is 3.76. The smallest absolute Gasteiger partial charge is 0.227 e. The summed E-state index contributed by atoms with van der Waals surface area (Å²) in [4.78, 5) is 13.4. The minimum atomic E-state index is -0.324. The zero-order chi connectivity index (χ0) is 12.7. The van der Waals surface area contributed by atoms with Crippen LogP contribution in [0.1, 0.15) is 26.2 Å². The Kier molecular flexibility index (Phi) is 5.22. The summed E-state index contributed by atoms with van der Waals surface area (Å²) in [5, 5.41) is 0. The molecule has 0 N–H and O–H groups in total. The molecule has 0 aliphatic rings. The Morgan fingerprint density at radius 3 is 2.59 bits per heavy atom. The Labute approximate surface area is 101 Å². The molecular weight excluding hydrogens is 217 g/mol. The van der Waals surface area contributed by atoms with Gasteiger partial charge in [0.25, 0.3) is 0 Å². The number of unbranched alkanes of at least 4 members (excludes halogenated alkanes) is 1. The van der Waals surface area contributed by atoms with Crippen molar-refractivity contribution < 1.29 is 9.18 Å². The first-order chi connectivity index (χ1) is 8.19. The maximum Gasteiger partial charge on any atom is 0.227 e. The second-order valence-electron chi connectivity index (χ2n) is 3.76. The van der Waals surface area contributed by atoms with E-state index >= 15 is 0 Å². The van der Waals surface area contributed by atoms with Crippen LogP contribution in [-0.2, 0) is 4.79 Å². The number of carbonyl (C=O) groups is 1. The summed E-state index contributed by atoms with van der Waals surface area (Å²) in [6.45, 7) is 2.24. The minimum absolute atomic E-state index is 0.0172. The highest BCUT2D eigenvalue weighted by Gasteiger charge is 2.13. The van der Waals surface area contributed by atoms with Crippen molar-refractivity contribution in [3.8, 4) is 12.3 Å². The number of carbonyl (C=O) groups excluding carboxylic acids is 1. The fraction of sp³-hybridized carbons (Fsp3) is 0.357. The third-order valence-corrected chi connectivity index (χ3v) is 2.43. The van der Waals surface area contributed by atoms with E-state index in [-0.39, 0.29) is 18.3 Å². The van der Waals surface area contributed by atoms with E-state index in [4.69, 9.17) is 6.42 Å². The molecule has 0 fully saturated rings. The predicted octanol–water partition coefficient (Wildman–Crippen LogP) is 2.98. The molecule has 0 saturated carbocycles. The Morgan fingerprint density at radius 1 is 1.41 bits per heavy atom. The quantitative estimate of drug-likeness (QED) is 0.716. The minimum Gasteiger partial charge on any atom is -0.301 e. The summed E-state index contributed by atoms with van der Waals surface area (Å²) in [5.74, 6) is 2.11. The molecule has 1 aromatic carbocycles. The van der Waals surface area contributed by atoms with Gasteiger partial charge in [-0.2, -0.15) is 0 Å². The van der Waals surface area contributed by atoms with Crippen LogP contribution in [0.25, 0.3) is 0 Å². The molecule has 0 spiro atoms. The molecule has 0 saturated heterocycles. The van der Waals surface area contributed by atoms with Gasteiger partial charge in [0, 0.05) is 12.1 Å². The molecule has 90 valence electrons. The van der Waals surface area contributed by atoms with E-state index in [9.17, 15) is 9.18 Å². The fourth-order valence-electron chi connectivity index (χ4n) is 1.50. The lowest BCUT2D eigenvalue weighted by Gasteiger charge is -2.20. The van der Waals surface area contributed by atoms with Gasteiger partial charge in [-0.05, 0) is 30.7 Å². The molecule has 1 amide bonds. The van der Waals surface area contributed by atoms with Crippen molar-refractivity contribution >= 4 is 11.6 Å². The number of rotatable bonds is 5. The molecule has 0 aliphatic heterocycles. The van der Waals surface area contributed by atoms with Gasteiger partial charge in [-0.25, -0.2) is 4.39 Å². The third kappa shape index (κ3) is 3.92. The number of hydrogen-bond acceptors (Lipinski definition) is 1. The molecule has 17 heavy (non-hydrogen) atoms. The van der Waals surface area contributed by atoms with Crippen LogP contribution < -0.4 is 4.90 Å². The average Bonchev–Trinajstić information content (AvgIpc) is 2.34. The van der Waals surface area contributed by atoms with Crippen molar-refractivity contribution in [2.45, 2.75) is 26.2 Å². The van der Waals surface area contributed by atoms with Gasteiger partial charge in [-0.15, -0.1) is 6.42 Å². The van der Waals surface area contributed by atoms with E-state index in [1.54, 1.807) is 12.1 Å². The molecule has 0 heterocycles. The first-order valence-electron chi connectivity index (χ1n) is 5.68. The van der Waals surface area contributed by atoms with Crippen LogP contribution in [0.15, 0.2) is 24.3 Å². The highest BCUT2D eigenvalue weighted by Crippen LogP contribution is 2.16. The van der Waals surface area contributed by atoms with Gasteiger partial charge >= 0.3 is 0 Å². The molecule has 1 aromatic rings. The van der Waals surface area contributed by atoms with Crippen molar-refractivity contribution in [1.29, 1.82) is 0 Å². The lowest BCUT2D eigenvalue weighted by Crippen LogP contribution is -2.30. The van der Waals surface area contributed by atoms with E-state index in [1.807, 2.05) is 6.92 Å². The van der Waals surface area contributed by atoms with Gasteiger partial charge in [-0.1, -0.05) is 19.3 Å². The second kappa shape index (κ2) is 6.70. The normalized spacial score (nSPS) is 9.71. The van der Waals surface area contributed by atoms with Crippen LogP contribution in [0.5, 0.6) is 0 Å². The van der Waals surface area contributed by atoms with E-state index in [1.165, 1.54) is 17.0 Å². The number of hydrogen-bond donors (Lipinski definition) is 0. The number of halogens is 1. The van der Waals surface area contributed by atoms with Gasteiger partial charge in [-0.3, -0.25) is 4.79 Å². The van der Waals surface area contributed by atoms with Crippen LogP contribution in [0.3, 0.4) is 0 Å². The molecule has 3 heteroatoms. The van der Waals surface area contributed by atoms with Gasteiger partial charge in [0.15, 0.2) is 0 Å². The van der Waals surface area contributed by atoms with Crippen molar-refractivity contribution in [2.24, 2.45) is 0 Å². The SMILES string of the molecule is C#CCN(C(=O)CCCC)c1ccc(F)cc1. The summed E-state index contributed by atoms with van der Waals surface area (Å²) >= 11 is 0. The fourth-order valence-corrected chi connectivity index (χ4v) is 1.50. The molecule has 0 radical (unpaired) electrons. The molecule has 0 aromatic heterocycles. The number of benzene rings is 1. The number of nitrogens with zero attached hydrogens (tertiary/aromatic N) is 1. The molecular formula is C14H16FNO. The number of terminal acetylenes is 1. The predicted molar refractivity (Wildman–Crippen MR) is 67.1 cm³/mol. The average molecular weight is 233 g/mol. The molecule has 2 nitrogen and oxygen atoms in total. The number of anilines is 1. The maximum absolute atomic E-state index is 12.8. The molecule has 0 aliphatic carbocycles. The van der Waals surface area contributed by atoms with Crippen LogP contribution >= 0.6 is 0 Å².